The second-order valence-corrected chi connectivity index (χ2v) is 12.4. The number of benzene rings is 2. The number of halogens is 2. The number of rotatable bonds is 12. The van der Waals surface area contributed by atoms with Crippen molar-refractivity contribution in [2.24, 2.45) is 0 Å². The molecule has 0 aliphatic heterocycles. The van der Waals surface area contributed by atoms with Crippen molar-refractivity contribution in [3.63, 3.8) is 0 Å². The van der Waals surface area contributed by atoms with E-state index in [-0.39, 0.29) is 41.9 Å². The number of nitrogens with one attached hydrogen (secondary N) is 1. The van der Waals surface area contributed by atoms with Gasteiger partial charge in [-0.3, -0.25) is 9.10 Å². The summed E-state index contributed by atoms with van der Waals surface area (Å²) in [6.45, 7) is 0.520. The molecule has 0 aliphatic carbocycles. The molecule has 2 rings (SSSR count). The predicted octanol–water partition coefficient (Wildman–Crippen LogP) is 2.99. The molecule has 0 aromatic heterocycles. The van der Waals surface area contributed by atoms with E-state index >= 15 is 0 Å². The summed E-state index contributed by atoms with van der Waals surface area (Å²) in [6.07, 6.45) is 1.49. The standard InChI is InChI=1S/C21H27Cl2N3O6S2/c1-25(2)34(30,31)18-9-7-17(8-10-18)32-14-12-24-21(27)5-4-13-26(33(3,28)29)16-6-11-19(22)20(23)15-16/h6-11,15H,4-5,12-14H2,1-3H3,(H,24,27). The molecule has 1 N–H and O–H groups in total. The Kier molecular flexibility index (Phi) is 10.0. The lowest BCUT2D eigenvalue weighted by molar-refractivity contribution is -0.121. The fourth-order valence-corrected chi connectivity index (χ4v) is 5.03. The number of amides is 1. The number of sulfonamides is 2. The van der Waals surface area contributed by atoms with Gasteiger partial charge in [-0.05, 0) is 48.9 Å². The summed E-state index contributed by atoms with van der Waals surface area (Å²) in [5, 5.41) is 3.25. The molecule has 0 fully saturated rings. The minimum Gasteiger partial charge on any atom is -0.492 e. The van der Waals surface area contributed by atoms with Gasteiger partial charge < -0.3 is 10.1 Å². The maximum Gasteiger partial charge on any atom is 0.242 e. The maximum atomic E-state index is 12.2. The number of anilines is 1. The maximum absolute atomic E-state index is 12.2. The van der Waals surface area contributed by atoms with Crippen molar-refractivity contribution in [2.45, 2.75) is 17.7 Å². The monoisotopic (exact) mass is 551 g/mol. The molecule has 9 nitrogen and oxygen atoms in total. The summed E-state index contributed by atoms with van der Waals surface area (Å²) < 4.78 is 56.2. The molecule has 0 spiro atoms. The molecule has 0 saturated heterocycles. The highest BCUT2D eigenvalue weighted by Crippen LogP contribution is 2.28. The zero-order valence-corrected chi connectivity index (χ0v) is 22.1. The van der Waals surface area contributed by atoms with Crippen molar-refractivity contribution in [1.82, 2.24) is 9.62 Å². The number of nitrogens with zero attached hydrogens (tertiary/aromatic N) is 2. The molecule has 0 radical (unpaired) electrons. The van der Waals surface area contributed by atoms with Gasteiger partial charge in [-0.1, -0.05) is 23.2 Å². The van der Waals surface area contributed by atoms with Crippen LogP contribution in [0.4, 0.5) is 5.69 Å². The molecule has 13 heteroatoms. The van der Waals surface area contributed by atoms with Crippen molar-refractivity contribution in [1.29, 1.82) is 0 Å². The Hall–Kier alpha value is -2.05. The minimum atomic E-state index is -3.57. The van der Waals surface area contributed by atoms with Crippen molar-refractivity contribution in [3.05, 3.63) is 52.5 Å². The van der Waals surface area contributed by atoms with Crippen LogP contribution in [0.1, 0.15) is 12.8 Å². The van der Waals surface area contributed by atoms with Crippen molar-refractivity contribution in [3.8, 4) is 5.75 Å². The van der Waals surface area contributed by atoms with Crippen LogP contribution < -0.4 is 14.4 Å². The second-order valence-electron chi connectivity index (χ2n) is 7.49. The smallest absolute Gasteiger partial charge is 0.242 e. The zero-order chi connectivity index (χ0) is 25.5. The summed E-state index contributed by atoms with van der Waals surface area (Å²) in [6, 6.07) is 10.5. The average Bonchev–Trinajstić information content (AvgIpc) is 2.75. The molecule has 188 valence electrons. The zero-order valence-electron chi connectivity index (χ0n) is 19.0. The Morgan fingerprint density at radius 2 is 1.65 bits per heavy atom. The van der Waals surface area contributed by atoms with Crippen LogP contribution in [0.3, 0.4) is 0 Å². The van der Waals surface area contributed by atoms with Gasteiger partial charge in [0, 0.05) is 27.1 Å². The topological polar surface area (TPSA) is 113 Å². The fraction of sp³-hybridized carbons (Fsp3) is 0.381. The highest BCUT2D eigenvalue weighted by molar-refractivity contribution is 7.92. The SMILES string of the molecule is CN(C)S(=O)(=O)c1ccc(OCCNC(=O)CCCN(c2ccc(Cl)c(Cl)c2)S(C)(=O)=O)cc1. The van der Waals surface area contributed by atoms with Crippen LogP contribution in [-0.2, 0) is 24.8 Å². The van der Waals surface area contributed by atoms with Crippen molar-refractivity contribution in [2.75, 3.05) is 44.4 Å². The Morgan fingerprint density at radius 3 is 2.21 bits per heavy atom. The van der Waals surface area contributed by atoms with Gasteiger partial charge in [0.2, 0.25) is 26.0 Å². The van der Waals surface area contributed by atoms with Crippen LogP contribution in [-0.4, -0.2) is 67.1 Å². The Morgan fingerprint density at radius 1 is 1.00 bits per heavy atom. The van der Waals surface area contributed by atoms with Gasteiger partial charge in [0.1, 0.15) is 12.4 Å². The highest BCUT2D eigenvalue weighted by Gasteiger charge is 2.19. The number of carbonyl (C=O) groups is 1. The van der Waals surface area contributed by atoms with Gasteiger partial charge in [0.25, 0.3) is 0 Å². The summed E-state index contributed by atoms with van der Waals surface area (Å²) in [7, 11) is -4.18. The summed E-state index contributed by atoms with van der Waals surface area (Å²) in [5.41, 5.74) is 0.370. The van der Waals surface area contributed by atoms with Gasteiger partial charge in [-0.15, -0.1) is 0 Å². The van der Waals surface area contributed by atoms with Crippen LogP contribution in [0.5, 0.6) is 5.75 Å². The Balaban J connectivity index is 1.78. The first-order valence-electron chi connectivity index (χ1n) is 10.2. The molecule has 2 aromatic carbocycles. The molecular formula is C21H27Cl2N3O6S2. The lowest BCUT2D eigenvalue weighted by Gasteiger charge is -2.22. The number of carbonyl (C=O) groups excluding carboxylic acids is 1. The first kappa shape index (κ1) is 28.2. The third kappa shape index (κ3) is 8.02. The van der Waals surface area contributed by atoms with Crippen LogP contribution >= 0.6 is 23.2 Å². The van der Waals surface area contributed by atoms with Crippen LogP contribution in [0.15, 0.2) is 47.4 Å². The molecular weight excluding hydrogens is 525 g/mol. The van der Waals surface area contributed by atoms with Gasteiger partial charge in [-0.25, -0.2) is 21.1 Å². The van der Waals surface area contributed by atoms with Crippen molar-refractivity contribution < 1.29 is 26.4 Å². The van der Waals surface area contributed by atoms with E-state index in [1.54, 1.807) is 18.2 Å². The Bertz CT molecular complexity index is 1200. The summed E-state index contributed by atoms with van der Waals surface area (Å²) >= 11 is 11.9. The molecule has 0 atom stereocenters. The quantitative estimate of drug-likeness (QED) is 0.405. The highest BCUT2D eigenvalue weighted by atomic mass is 35.5. The largest absolute Gasteiger partial charge is 0.492 e. The normalized spacial score (nSPS) is 11.9. The molecule has 0 bridgehead atoms. The fourth-order valence-electron chi connectivity index (χ4n) is 2.88. The van der Waals surface area contributed by atoms with E-state index in [4.69, 9.17) is 27.9 Å². The summed E-state index contributed by atoms with van der Waals surface area (Å²) in [5.74, 6) is 0.219. The van der Waals surface area contributed by atoms with E-state index < -0.39 is 20.0 Å². The van der Waals surface area contributed by atoms with Crippen LogP contribution in [0.25, 0.3) is 0 Å². The average molecular weight is 553 g/mol. The minimum absolute atomic E-state index is 0.100. The third-order valence-corrected chi connectivity index (χ3v) is 8.41. The van der Waals surface area contributed by atoms with Gasteiger partial charge in [-0.2, -0.15) is 0 Å². The lowest BCUT2D eigenvalue weighted by Crippen LogP contribution is -2.32. The van der Waals surface area contributed by atoms with Gasteiger partial charge in [0.15, 0.2) is 0 Å². The molecule has 0 aliphatic rings. The third-order valence-electron chi connectivity index (χ3n) is 4.65. The molecule has 2 aromatic rings. The van der Waals surface area contributed by atoms with E-state index in [9.17, 15) is 21.6 Å². The molecule has 0 unspecified atom stereocenters. The van der Waals surface area contributed by atoms with E-state index in [1.807, 2.05) is 0 Å². The van der Waals surface area contributed by atoms with Crippen molar-refractivity contribution >= 4 is 54.8 Å². The van der Waals surface area contributed by atoms with E-state index in [0.29, 0.717) is 22.9 Å². The predicted molar refractivity (Wildman–Crippen MR) is 134 cm³/mol. The Labute approximate surface area is 210 Å². The van der Waals surface area contributed by atoms with E-state index in [1.165, 1.54) is 42.7 Å². The van der Waals surface area contributed by atoms with E-state index in [0.717, 1.165) is 10.6 Å². The number of hydrogen-bond acceptors (Lipinski definition) is 6. The first-order valence-corrected chi connectivity index (χ1v) is 14.2. The van der Waals surface area contributed by atoms with Crippen LogP contribution in [0.2, 0.25) is 10.0 Å². The van der Waals surface area contributed by atoms with Crippen LogP contribution in [0, 0.1) is 0 Å². The van der Waals surface area contributed by atoms with Gasteiger partial charge >= 0.3 is 0 Å². The van der Waals surface area contributed by atoms with Gasteiger partial charge in [0.05, 0.1) is 33.4 Å². The molecule has 34 heavy (non-hydrogen) atoms. The summed E-state index contributed by atoms with van der Waals surface area (Å²) in [4.78, 5) is 12.2. The molecule has 0 heterocycles. The molecule has 0 saturated carbocycles. The number of hydrogen-bond donors (Lipinski definition) is 1. The van der Waals surface area contributed by atoms with E-state index in [2.05, 4.69) is 5.32 Å². The lowest BCUT2D eigenvalue weighted by atomic mass is 10.2. The second kappa shape index (κ2) is 12.1. The number of ether oxygens (including phenoxy) is 1. The first-order chi connectivity index (χ1) is 15.8. The molecule has 1 amide bonds.